The largest absolute Gasteiger partial charge is 0.332 e. The summed E-state index contributed by atoms with van der Waals surface area (Å²) in [5.41, 5.74) is 0.724. The molecule has 1 N–H and O–H groups in total. The molecule has 1 fully saturated rings. The van der Waals surface area contributed by atoms with E-state index >= 15 is 0 Å². The molecule has 1 aliphatic rings. The SMILES string of the molecule is c1ccc(-c2nc(C3CCCCN3)no2)nc1. The molecule has 1 atom stereocenters. The number of aromatic nitrogens is 3. The fraction of sp³-hybridized carbons (Fsp3) is 0.417. The number of piperidine rings is 1. The van der Waals surface area contributed by atoms with Crippen molar-refractivity contribution < 1.29 is 4.52 Å². The van der Waals surface area contributed by atoms with E-state index in [-0.39, 0.29) is 6.04 Å². The lowest BCUT2D eigenvalue weighted by Gasteiger charge is -2.19. The van der Waals surface area contributed by atoms with E-state index in [0.717, 1.165) is 24.5 Å². The van der Waals surface area contributed by atoms with E-state index in [1.165, 1.54) is 12.8 Å². The predicted octanol–water partition coefficient (Wildman–Crippen LogP) is 1.95. The molecule has 2 aromatic heterocycles. The van der Waals surface area contributed by atoms with Gasteiger partial charge in [0.05, 0.1) is 6.04 Å². The van der Waals surface area contributed by atoms with Crippen LogP contribution < -0.4 is 5.32 Å². The van der Waals surface area contributed by atoms with Crippen LogP contribution in [0.15, 0.2) is 28.9 Å². The topological polar surface area (TPSA) is 63.8 Å². The smallest absolute Gasteiger partial charge is 0.276 e. The molecule has 0 bridgehead atoms. The van der Waals surface area contributed by atoms with Gasteiger partial charge < -0.3 is 9.84 Å². The summed E-state index contributed by atoms with van der Waals surface area (Å²) >= 11 is 0. The third kappa shape index (κ3) is 2.19. The Morgan fingerprint density at radius 1 is 1.29 bits per heavy atom. The first-order valence-electron chi connectivity index (χ1n) is 5.92. The minimum absolute atomic E-state index is 0.227. The average molecular weight is 230 g/mol. The highest BCUT2D eigenvalue weighted by molar-refractivity contribution is 5.45. The Hall–Kier alpha value is -1.75. The van der Waals surface area contributed by atoms with Crippen molar-refractivity contribution in [3.8, 4) is 11.6 Å². The first-order valence-corrected chi connectivity index (χ1v) is 5.92. The summed E-state index contributed by atoms with van der Waals surface area (Å²) < 4.78 is 5.24. The molecule has 3 rings (SSSR count). The van der Waals surface area contributed by atoms with Gasteiger partial charge in [-0.1, -0.05) is 17.6 Å². The first-order chi connectivity index (χ1) is 8.43. The first kappa shape index (κ1) is 10.4. The highest BCUT2D eigenvalue weighted by Gasteiger charge is 2.20. The van der Waals surface area contributed by atoms with Gasteiger partial charge in [-0.3, -0.25) is 4.98 Å². The Labute approximate surface area is 99.3 Å². The van der Waals surface area contributed by atoms with Crippen LogP contribution in [0.25, 0.3) is 11.6 Å². The van der Waals surface area contributed by atoms with Crippen molar-refractivity contribution >= 4 is 0 Å². The molecule has 0 aliphatic carbocycles. The zero-order valence-corrected chi connectivity index (χ0v) is 9.47. The molecule has 2 aromatic rings. The standard InChI is InChI=1S/C12H14N4O/c1-3-7-13-9(5-1)11-15-12(17-16-11)10-6-2-4-8-14-10/h2,4,6,8-9,13H,1,3,5,7H2. The highest BCUT2D eigenvalue weighted by Crippen LogP contribution is 2.22. The van der Waals surface area contributed by atoms with E-state index in [1.807, 2.05) is 18.2 Å². The van der Waals surface area contributed by atoms with E-state index in [2.05, 4.69) is 20.4 Å². The quantitative estimate of drug-likeness (QED) is 0.854. The van der Waals surface area contributed by atoms with Gasteiger partial charge in [0, 0.05) is 6.20 Å². The second kappa shape index (κ2) is 4.63. The van der Waals surface area contributed by atoms with Crippen LogP contribution in [0.1, 0.15) is 31.1 Å². The molecule has 88 valence electrons. The molecule has 3 heterocycles. The molecule has 0 amide bonds. The Balaban J connectivity index is 1.83. The fourth-order valence-corrected chi connectivity index (χ4v) is 2.04. The maximum absolute atomic E-state index is 5.24. The van der Waals surface area contributed by atoms with E-state index in [4.69, 9.17) is 4.52 Å². The van der Waals surface area contributed by atoms with Gasteiger partial charge in [0.15, 0.2) is 5.82 Å². The number of nitrogens with zero attached hydrogens (tertiary/aromatic N) is 3. The van der Waals surface area contributed by atoms with Crippen molar-refractivity contribution in [2.75, 3.05) is 6.54 Å². The van der Waals surface area contributed by atoms with Gasteiger partial charge in [-0.25, -0.2) is 0 Å². The monoisotopic (exact) mass is 230 g/mol. The number of nitrogens with one attached hydrogen (secondary N) is 1. The van der Waals surface area contributed by atoms with Crippen LogP contribution in [0.3, 0.4) is 0 Å². The minimum Gasteiger partial charge on any atom is -0.332 e. The van der Waals surface area contributed by atoms with E-state index in [9.17, 15) is 0 Å². The number of pyridine rings is 1. The molecular weight excluding hydrogens is 216 g/mol. The maximum atomic E-state index is 5.24. The normalized spacial score (nSPS) is 20.4. The number of rotatable bonds is 2. The van der Waals surface area contributed by atoms with Gasteiger partial charge in [-0.2, -0.15) is 4.98 Å². The molecule has 1 aliphatic heterocycles. The van der Waals surface area contributed by atoms with E-state index < -0.39 is 0 Å². The summed E-state index contributed by atoms with van der Waals surface area (Å²) in [7, 11) is 0. The highest BCUT2D eigenvalue weighted by atomic mass is 16.5. The van der Waals surface area contributed by atoms with Crippen LogP contribution in [-0.2, 0) is 0 Å². The molecule has 0 spiro atoms. The van der Waals surface area contributed by atoms with Gasteiger partial charge in [0.1, 0.15) is 5.69 Å². The average Bonchev–Trinajstić information content (AvgIpc) is 2.90. The fourth-order valence-electron chi connectivity index (χ4n) is 2.04. The summed E-state index contributed by atoms with van der Waals surface area (Å²) in [6.45, 7) is 1.03. The Kier molecular flexibility index (Phi) is 2.83. The molecular formula is C12H14N4O. The summed E-state index contributed by atoms with van der Waals surface area (Å²) in [6, 6.07) is 5.87. The van der Waals surface area contributed by atoms with Crippen LogP contribution >= 0.6 is 0 Å². The molecule has 0 aromatic carbocycles. The van der Waals surface area contributed by atoms with Crippen molar-refractivity contribution in [1.29, 1.82) is 0 Å². The zero-order valence-electron chi connectivity index (χ0n) is 9.47. The minimum atomic E-state index is 0.227. The summed E-state index contributed by atoms with van der Waals surface area (Å²) in [4.78, 5) is 8.59. The van der Waals surface area contributed by atoms with Gasteiger partial charge >= 0.3 is 0 Å². The number of hydrogen-bond donors (Lipinski definition) is 1. The van der Waals surface area contributed by atoms with Crippen LogP contribution in [0.2, 0.25) is 0 Å². The molecule has 1 unspecified atom stereocenters. The Morgan fingerprint density at radius 3 is 3.06 bits per heavy atom. The van der Waals surface area contributed by atoms with Crippen LogP contribution in [0.5, 0.6) is 0 Å². The maximum Gasteiger partial charge on any atom is 0.276 e. The summed E-state index contributed by atoms with van der Waals surface area (Å²) in [5, 5.41) is 7.42. The summed E-state index contributed by atoms with van der Waals surface area (Å²) in [5.74, 6) is 1.23. The Bertz CT molecular complexity index is 476. The lowest BCUT2D eigenvalue weighted by atomic mass is 10.0. The zero-order chi connectivity index (χ0) is 11.5. The van der Waals surface area contributed by atoms with Crippen molar-refractivity contribution in [3.63, 3.8) is 0 Å². The molecule has 5 heteroatoms. The third-order valence-corrected chi connectivity index (χ3v) is 2.95. The van der Waals surface area contributed by atoms with Crippen LogP contribution in [0, 0.1) is 0 Å². The van der Waals surface area contributed by atoms with Gasteiger partial charge in [0.2, 0.25) is 0 Å². The lowest BCUT2D eigenvalue weighted by Crippen LogP contribution is -2.27. The van der Waals surface area contributed by atoms with Crippen molar-refractivity contribution in [3.05, 3.63) is 30.2 Å². The van der Waals surface area contributed by atoms with Gasteiger partial charge in [-0.05, 0) is 31.5 Å². The molecule has 5 nitrogen and oxygen atoms in total. The van der Waals surface area contributed by atoms with Gasteiger partial charge in [0.25, 0.3) is 5.89 Å². The van der Waals surface area contributed by atoms with Crippen molar-refractivity contribution in [2.24, 2.45) is 0 Å². The molecule has 0 radical (unpaired) electrons. The van der Waals surface area contributed by atoms with Crippen molar-refractivity contribution in [2.45, 2.75) is 25.3 Å². The predicted molar refractivity (Wildman–Crippen MR) is 62.1 cm³/mol. The molecule has 17 heavy (non-hydrogen) atoms. The van der Waals surface area contributed by atoms with Crippen LogP contribution in [0.4, 0.5) is 0 Å². The second-order valence-electron chi connectivity index (χ2n) is 4.18. The molecule has 1 saturated heterocycles. The third-order valence-electron chi connectivity index (χ3n) is 2.95. The van der Waals surface area contributed by atoms with Gasteiger partial charge in [-0.15, -0.1) is 0 Å². The summed E-state index contributed by atoms with van der Waals surface area (Å²) in [6.07, 6.45) is 5.23. The lowest BCUT2D eigenvalue weighted by molar-refractivity contribution is 0.366. The van der Waals surface area contributed by atoms with Crippen LogP contribution in [-0.4, -0.2) is 21.7 Å². The Morgan fingerprint density at radius 2 is 2.29 bits per heavy atom. The van der Waals surface area contributed by atoms with E-state index in [1.54, 1.807) is 6.20 Å². The van der Waals surface area contributed by atoms with Crippen molar-refractivity contribution in [1.82, 2.24) is 20.4 Å². The van der Waals surface area contributed by atoms with E-state index in [0.29, 0.717) is 5.89 Å². The second-order valence-corrected chi connectivity index (χ2v) is 4.18. The molecule has 0 saturated carbocycles. The number of hydrogen-bond acceptors (Lipinski definition) is 5.